The van der Waals surface area contributed by atoms with Crippen molar-refractivity contribution in [2.45, 2.75) is 6.92 Å². The Kier molecular flexibility index (Phi) is 6.67. The molecule has 1 aliphatic rings. The largest absolute Gasteiger partial charge is 1.00 e. The van der Waals surface area contributed by atoms with Crippen molar-refractivity contribution in [1.29, 1.82) is 0 Å². The van der Waals surface area contributed by atoms with E-state index in [1.54, 1.807) is 4.72 Å². The van der Waals surface area contributed by atoms with E-state index in [9.17, 15) is 13.2 Å². The number of carbonyl (C=O) groups excluding carboxylic acids is 1. The molecule has 1 aliphatic heterocycles. The van der Waals surface area contributed by atoms with Crippen molar-refractivity contribution in [3.63, 3.8) is 0 Å². The Morgan fingerprint density at radius 1 is 1.58 bits per heavy atom. The second kappa shape index (κ2) is 5.32. The van der Waals surface area contributed by atoms with Crippen molar-refractivity contribution in [2.24, 2.45) is 0 Å². The number of hydrogen-bond donors (Lipinski definition) is 2. The summed E-state index contributed by atoms with van der Waals surface area (Å²) in [6.07, 6.45) is 1.06. The SMILES string of the molecule is CC1=CC(=O)NS(=O)(=O)O1.N.[H-].[K+]. The fourth-order valence-corrected chi connectivity index (χ4v) is 1.30. The molecule has 1 amide bonds. The number of hydrogen-bond acceptors (Lipinski definition) is 5. The van der Waals surface area contributed by atoms with Crippen molar-refractivity contribution in [3.05, 3.63) is 11.8 Å². The molecule has 0 saturated heterocycles. The molecule has 12 heavy (non-hydrogen) atoms. The summed E-state index contributed by atoms with van der Waals surface area (Å²) in [5.41, 5.74) is 0. The summed E-state index contributed by atoms with van der Waals surface area (Å²) in [4.78, 5) is 10.4. The average molecular weight is 220 g/mol. The molecular weight excluding hydrogens is 211 g/mol. The van der Waals surface area contributed by atoms with Crippen molar-refractivity contribution in [3.8, 4) is 0 Å². The molecule has 4 N–H and O–H groups in total. The molecule has 0 aromatic rings. The second-order valence-corrected chi connectivity index (χ2v) is 3.04. The molecule has 0 atom stereocenters. The quantitative estimate of drug-likeness (QED) is 0.413. The van der Waals surface area contributed by atoms with E-state index in [0.717, 1.165) is 6.08 Å². The Bertz CT molecular complexity index is 301. The van der Waals surface area contributed by atoms with Gasteiger partial charge in [-0.15, -0.1) is 0 Å². The van der Waals surface area contributed by atoms with Crippen molar-refractivity contribution >= 4 is 16.2 Å². The van der Waals surface area contributed by atoms with E-state index in [-0.39, 0.29) is 64.7 Å². The van der Waals surface area contributed by atoms with Gasteiger partial charge in [-0.25, -0.2) is 4.72 Å². The van der Waals surface area contributed by atoms with E-state index in [1.807, 2.05) is 0 Å². The van der Waals surface area contributed by atoms with Crippen LogP contribution in [0.4, 0.5) is 0 Å². The molecular formula is C4H9KN2O4S. The van der Waals surface area contributed by atoms with Gasteiger partial charge in [-0.2, -0.15) is 8.42 Å². The smallest absolute Gasteiger partial charge is 1.00 e. The van der Waals surface area contributed by atoms with Crippen LogP contribution in [0.3, 0.4) is 0 Å². The van der Waals surface area contributed by atoms with Crippen LogP contribution in [0.15, 0.2) is 11.8 Å². The number of amides is 1. The standard InChI is InChI=1S/C4H5NO4S.K.H3N.H/c1-3-2-4(6)5-10(7,8)9-3;;;/h2H,1H3,(H,5,6);;1H3;/q;+1;;-1. The first-order valence-corrected chi connectivity index (χ1v) is 3.85. The predicted octanol–water partition coefficient (Wildman–Crippen LogP) is -3.44. The third-order valence-corrected chi connectivity index (χ3v) is 1.73. The van der Waals surface area contributed by atoms with Crippen LogP contribution in [-0.2, 0) is 19.3 Å². The van der Waals surface area contributed by atoms with E-state index in [4.69, 9.17) is 0 Å². The van der Waals surface area contributed by atoms with Crippen LogP contribution in [0.1, 0.15) is 8.35 Å². The van der Waals surface area contributed by atoms with Crippen LogP contribution in [0.5, 0.6) is 0 Å². The maximum absolute atomic E-state index is 10.5. The molecule has 0 radical (unpaired) electrons. The summed E-state index contributed by atoms with van der Waals surface area (Å²) in [5.74, 6) is -0.604. The van der Waals surface area contributed by atoms with E-state index in [1.165, 1.54) is 6.92 Å². The number of carbonyl (C=O) groups is 1. The van der Waals surface area contributed by atoms with Crippen LogP contribution in [0, 0.1) is 0 Å². The Hall–Kier alpha value is 0.556. The normalized spacial score (nSPS) is 18.8. The van der Waals surface area contributed by atoms with Gasteiger partial charge in [-0.1, -0.05) is 0 Å². The van der Waals surface area contributed by atoms with Crippen LogP contribution in [0.2, 0.25) is 0 Å². The first-order valence-electron chi connectivity index (χ1n) is 2.44. The van der Waals surface area contributed by atoms with E-state index < -0.39 is 16.2 Å². The second-order valence-electron chi connectivity index (χ2n) is 1.76. The first kappa shape index (κ1) is 15.0. The van der Waals surface area contributed by atoms with Gasteiger partial charge in [0.25, 0.3) is 5.91 Å². The summed E-state index contributed by atoms with van der Waals surface area (Å²) < 4.78 is 26.8. The summed E-state index contributed by atoms with van der Waals surface area (Å²) in [6, 6.07) is 0. The predicted molar refractivity (Wildman–Crippen MR) is 38.0 cm³/mol. The van der Waals surface area contributed by atoms with Gasteiger partial charge in [0, 0.05) is 6.08 Å². The number of rotatable bonds is 0. The van der Waals surface area contributed by atoms with Crippen LogP contribution >= 0.6 is 0 Å². The molecule has 0 saturated carbocycles. The van der Waals surface area contributed by atoms with Crippen LogP contribution < -0.4 is 62.3 Å². The summed E-state index contributed by atoms with van der Waals surface area (Å²) >= 11 is 0. The Balaban J connectivity index is -0.000000333. The van der Waals surface area contributed by atoms with Gasteiger partial charge in [-0.05, 0) is 6.92 Å². The van der Waals surface area contributed by atoms with Crippen molar-refractivity contribution in [1.82, 2.24) is 10.9 Å². The van der Waals surface area contributed by atoms with Gasteiger partial charge in [0.05, 0.1) is 0 Å². The number of allylic oxidation sites excluding steroid dienone is 1. The van der Waals surface area contributed by atoms with Crippen LogP contribution in [0.25, 0.3) is 0 Å². The van der Waals surface area contributed by atoms with Crippen LogP contribution in [-0.4, -0.2) is 14.3 Å². The maximum atomic E-state index is 10.5. The third-order valence-electron chi connectivity index (χ3n) is 0.801. The average Bonchev–Trinajstić information content (AvgIpc) is 1.54. The molecule has 1 heterocycles. The summed E-state index contributed by atoms with van der Waals surface area (Å²) in [6.45, 7) is 1.39. The minimum absolute atomic E-state index is 0. The van der Waals surface area contributed by atoms with Gasteiger partial charge < -0.3 is 11.8 Å². The molecule has 6 nitrogen and oxygen atoms in total. The number of nitrogens with one attached hydrogen (secondary N) is 1. The van der Waals surface area contributed by atoms with Gasteiger partial charge in [0.1, 0.15) is 5.76 Å². The first-order chi connectivity index (χ1) is 4.49. The fourth-order valence-electron chi connectivity index (χ4n) is 0.555. The zero-order chi connectivity index (χ0) is 7.78. The van der Waals surface area contributed by atoms with Gasteiger partial charge >= 0.3 is 61.7 Å². The maximum Gasteiger partial charge on any atom is 1.00 e. The fraction of sp³-hybridized carbons (Fsp3) is 0.250. The van der Waals surface area contributed by atoms with Gasteiger partial charge in [0.2, 0.25) is 0 Å². The van der Waals surface area contributed by atoms with E-state index in [2.05, 4.69) is 4.18 Å². The zero-order valence-electron chi connectivity index (χ0n) is 7.83. The molecule has 0 aromatic carbocycles. The minimum Gasteiger partial charge on any atom is -1.00 e. The molecule has 0 aliphatic carbocycles. The molecule has 0 spiro atoms. The topological polar surface area (TPSA) is 107 Å². The third kappa shape index (κ3) is 4.55. The molecule has 0 aromatic heterocycles. The van der Waals surface area contributed by atoms with Crippen molar-refractivity contribution < 1.29 is 70.2 Å². The molecule has 0 unspecified atom stereocenters. The van der Waals surface area contributed by atoms with E-state index >= 15 is 0 Å². The molecule has 0 fully saturated rings. The molecule has 1 rings (SSSR count). The van der Waals surface area contributed by atoms with E-state index in [0.29, 0.717) is 0 Å². The minimum atomic E-state index is -3.85. The molecule has 8 heteroatoms. The Morgan fingerprint density at radius 3 is 2.42 bits per heavy atom. The Labute approximate surface area is 114 Å². The van der Waals surface area contributed by atoms with Crippen molar-refractivity contribution in [2.75, 3.05) is 0 Å². The monoisotopic (exact) mass is 220 g/mol. The van der Waals surface area contributed by atoms with Gasteiger partial charge in [0.15, 0.2) is 0 Å². The summed E-state index contributed by atoms with van der Waals surface area (Å²) in [5, 5.41) is 0. The molecule has 66 valence electrons. The summed E-state index contributed by atoms with van der Waals surface area (Å²) in [7, 11) is -3.85. The molecule has 0 bridgehead atoms. The van der Waals surface area contributed by atoms with Gasteiger partial charge in [-0.3, -0.25) is 4.79 Å². The Morgan fingerprint density at radius 2 is 2.08 bits per heavy atom. The zero-order valence-corrected chi connectivity index (χ0v) is 10.8.